The zero-order valence-corrected chi connectivity index (χ0v) is 16.8. The molecular weight excluding hydrogens is 332 g/mol. The molecule has 27 heavy (non-hydrogen) atoms. The third kappa shape index (κ3) is 5.43. The Labute approximate surface area is 163 Å². The minimum absolute atomic E-state index is 0.136. The molecule has 1 aliphatic carbocycles. The van der Waals surface area contributed by atoms with Gasteiger partial charge in [0.25, 0.3) is 5.91 Å². The lowest BCUT2D eigenvalue weighted by Crippen LogP contribution is -2.89. The number of nitrogens with one attached hydrogen (secondary N) is 1. The van der Waals surface area contributed by atoms with E-state index in [9.17, 15) is 4.79 Å². The third-order valence-corrected chi connectivity index (χ3v) is 5.39. The molecule has 3 heteroatoms. The largest absolute Gasteiger partial charge is 0.348 e. The van der Waals surface area contributed by atoms with E-state index in [4.69, 9.17) is 0 Å². The minimum atomic E-state index is -0.213. The fraction of sp³-hybridized carbons (Fsp3) is 0.458. The van der Waals surface area contributed by atoms with Gasteiger partial charge in [-0.3, -0.25) is 4.79 Å². The van der Waals surface area contributed by atoms with Crippen molar-refractivity contribution in [2.45, 2.75) is 64.6 Å². The van der Waals surface area contributed by atoms with Crippen LogP contribution in [0, 0.1) is 5.92 Å². The highest BCUT2D eigenvalue weighted by molar-refractivity contribution is 5.82. The van der Waals surface area contributed by atoms with Crippen molar-refractivity contribution in [2.75, 3.05) is 0 Å². The first-order valence-corrected chi connectivity index (χ1v) is 10.4. The molecule has 0 bridgehead atoms. The number of carbonyl (C=O) groups excluding carboxylic acids is 1. The third-order valence-electron chi connectivity index (χ3n) is 5.39. The Morgan fingerprint density at radius 2 is 1.70 bits per heavy atom. The SMILES string of the molecule is CCCc1ccc([C@@H]([NH2+][C@H](C(=O)NC2CC2)c2ccccc2)C(C)C)cc1. The van der Waals surface area contributed by atoms with Gasteiger partial charge in [0, 0.05) is 23.1 Å². The van der Waals surface area contributed by atoms with Crippen molar-refractivity contribution in [3.63, 3.8) is 0 Å². The molecule has 3 nitrogen and oxygen atoms in total. The number of nitrogens with two attached hydrogens (primary N) is 1. The lowest BCUT2D eigenvalue weighted by molar-refractivity contribution is -0.728. The van der Waals surface area contributed by atoms with Gasteiger partial charge in [-0.05, 0) is 24.8 Å². The molecule has 0 radical (unpaired) electrons. The van der Waals surface area contributed by atoms with Crippen LogP contribution in [-0.2, 0) is 11.2 Å². The van der Waals surface area contributed by atoms with Crippen LogP contribution >= 0.6 is 0 Å². The van der Waals surface area contributed by atoms with Crippen LogP contribution < -0.4 is 10.6 Å². The summed E-state index contributed by atoms with van der Waals surface area (Å²) >= 11 is 0. The lowest BCUT2D eigenvalue weighted by atomic mass is 9.92. The first-order valence-electron chi connectivity index (χ1n) is 10.4. The van der Waals surface area contributed by atoms with E-state index in [1.807, 2.05) is 18.2 Å². The van der Waals surface area contributed by atoms with Crippen LogP contribution in [0.5, 0.6) is 0 Å². The Morgan fingerprint density at radius 1 is 1.04 bits per heavy atom. The summed E-state index contributed by atoms with van der Waals surface area (Å²) in [5.74, 6) is 0.568. The maximum Gasteiger partial charge on any atom is 0.283 e. The van der Waals surface area contributed by atoms with Crippen molar-refractivity contribution in [1.29, 1.82) is 0 Å². The number of quaternary nitrogens is 1. The standard InChI is InChI=1S/C24H32N2O/c1-4-8-18-11-13-20(14-12-18)22(17(2)3)26-23(19-9-6-5-7-10-19)24(27)25-21-15-16-21/h5-7,9-14,17,21-23,26H,4,8,15-16H2,1-3H3,(H,25,27)/p+1/t22-,23-/m0/s1. The molecule has 0 spiro atoms. The monoisotopic (exact) mass is 365 g/mol. The molecule has 0 unspecified atom stereocenters. The van der Waals surface area contributed by atoms with Crippen molar-refractivity contribution < 1.29 is 10.1 Å². The lowest BCUT2D eigenvalue weighted by Gasteiger charge is -2.25. The highest BCUT2D eigenvalue weighted by Crippen LogP contribution is 2.23. The fourth-order valence-electron chi connectivity index (χ4n) is 3.65. The second kappa shape index (κ2) is 9.18. The molecule has 0 aromatic heterocycles. The van der Waals surface area contributed by atoms with Gasteiger partial charge >= 0.3 is 0 Å². The Kier molecular flexibility index (Phi) is 6.68. The Hall–Kier alpha value is -2.13. The summed E-state index contributed by atoms with van der Waals surface area (Å²) in [6.07, 6.45) is 4.50. The van der Waals surface area contributed by atoms with Crippen LogP contribution in [0.2, 0.25) is 0 Å². The fourth-order valence-corrected chi connectivity index (χ4v) is 3.65. The van der Waals surface area contributed by atoms with Crippen molar-refractivity contribution in [3.8, 4) is 0 Å². The molecule has 2 aromatic carbocycles. The molecule has 1 saturated carbocycles. The van der Waals surface area contributed by atoms with E-state index in [-0.39, 0.29) is 18.0 Å². The van der Waals surface area contributed by atoms with Gasteiger partial charge in [-0.2, -0.15) is 0 Å². The maximum absolute atomic E-state index is 13.0. The molecular formula is C24H33N2O+. The predicted molar refractivity (Wildman–Crippen MR) is 110 cm³/mol. The second-order valence-electron chi connectivity index (χ2n) is 8.13. The summed E-state index contributed by atoms with van der Waals surface area (Å²) in [5, 5.41) is 5.46. The van der Waals surface area contributed by atoms with E-state index >= 15 is 0 Å². The van der Waals surface area contributed by atoms with Crippen LogP contribution in [0.3, 0.4) is 0 Å². The number of aryl methyl sites for hydroxylation is 1. The molecule has 144 valence electrons. The number of amides is 1. The van der Waals surface area contributed by atoms with Crippen LogP contribution in [0.4, 0.5) is 0 Å². The van der Waals surface area contributed by atoms with E-state index < -0.39 is 0 Å². The molecule has 1 fully saturated rings. The number of hydrogen-bond donors (Lipinski definition) is 2. The van der Waals surface area contributed by atoms with Gasteiger partial charge in [0.15, 0.2) is 6.04 Å². The summed E-state index contributed by atoms with van der Waals surface area (Å²) < 4.78 is 0. The average molecular weight is 366 g/mol. The molecule has 1 amide bonds. The number of carbonyl (C=O) groups is 1. The molecule has 0 saturated heterocycles. The van der Waals surface area contributed by atoms with Gasteiger partial charge in [0.1, 0.15) is 6.04 Å². The van der Waals surface area contributed by atoms with E-state index in [0.29, 0.717) is 12.0 Å². The van der Waals surface area contributed by atoms with E-state index in [1.165, 1.54) is 11.1 Å². The molecule has 2 atom stereocenters. The Morgan fingerprint density at radius 3 is 2.26 bits per heavy atom. The van der Waals surface area contributed by atoms with E-state index in [1.54, 1.807) is 0 Å². The van der Waals surface area contributed by atoms with E-state index in [0.717, 1.165) is 31.2 Å². The van der Waals surface area contributed by atoms with Gasteiger partial charge in [0.05, 0.1) is 0 Å². The van der Waals surface area contributed by atoms with Crippen LogP contribution in [0.25, 0.3) is 0 Å². The molecule has 0 heterocycles. The first kappa shape index (κ1) is 19.6. The van der Waals surface area contributed by atoms with Gasteiger partial charge in [-0.1, -0.05) is 81.8 Å². The summed E-state index contributed by atoms with van der Waals surface area (Å²) in [5.41, 5.74) is 3.75. The molecule has 2 aromatic rings. The van der Waals surface area contributed by atoms with Crippen LogP contribution in [-0.4, -0.2) is 11.9 Å². The summed E-state index contributed by atoms with van der Waals surface area (Å²) in [7, 11) is 0. The summed E-state index contributed by atoms with van der Waals surface area (Å²) in [6.45, 7) is 6.69. The number of hydrogen-bond acceptors (Lipinski definition) is 1. The number of rotatable bonds is 9. The summed E-state index contributed by atoms with van der Waals surface area (Å²) in [6, 6.07) is 19.5. The zero-order chi connectivity index (χ0) is 19.2. The van der Waals surface area contributed by atoms with Crippen molar-refractivity contribution in [1.82, 2.24) is 5.32 Å². The smallest absolute Gasteiger partial charge is 0.283 e. The normalized spacial score (nSPS) is 16.1. The Bertz CT molecular complexity index is 720. The van der Waals surface area contributed by atoms with Gasteiger partial charge in [-0.15, -0.1) is 0 Å². The average Bonchev–Trinajstić information content (AvgIpc) is 3.48. The van der Waals surface area contributed by atoms with Crippen LogP contribution in [0.15, 0.2) is 54.6 Å². The van der Waals surface area contributed by atoms with Crippen molar-refractivity contribution in [2.24, 2.45) is 5.92 Å². The number of benzene rings is 2. The maximum atomic E-state index is 13.0. The van der Waals surface area contributed by atoms with Crippen molar-refractivity contribution in [3.05, 3.63) is 71.3 Å². The summed E-state index contributed by atoms with van der Waals surface area (Å²) in [4.78, 5) is 13.0. The van der Waals surface area contributed by atoms with Gasteiger partial charge in [0.2, 0.25) is 0 Å². The zero-order valence-electron chi connectivity index (χ0n) is 16.8. The van der Waals surface area contributed by atoms with Crippen molar-refractivity contribution >= 4 is 5.91 Å². The molecule has 1 aliphatic rings. The topological polar surface area (TPSA) is 45.7 Å². The van der Waals surface area contributed by atoms with Gasteiger partial charge in [-0.25, -0.2) is 0 Å². The van der Waals surface area contributed by atoms with E-state index in [2.05, 4.69) is 67.8 Å². The highest BCUT2D eigenvalue weighted by atomic mass is 16.2. The second-order valence-corrected chi connectivity index (χ2v) is 8.13. The predicted octanol–water partition coefficient (Wildman–Crippen LogP) is 3.92. The molecule has 3 N–H and O–H groups in total. The first-order chi connectivity index (χ1) is 13.1. The van der Waals surface area contributed by atoms with Crippen LogP contribution in [0.1, 0.15) is 68.8 Å². The Balaban J connectivity index is 1.82. The quantitative estimate of drug-likeness (QED) is 0.695. The minimum Gasteiger partial charge on any atom is -0.348 e. The molecule has 3 rings (SSSR count). The highest BCUT2D eigenvalue weighted by Gasteiger charge is 2.33. The molecule has 0 aliphatic heterocycles. The van der Waals surface area contributed by atoms with Gasteiger partial charge < -0.3 is 10.6 Å².